The summed E-state index contributed by atoms with van der Waals surface area (Å²) in [6, 6.07) is 16.0. The topological polar surface area (TPSA) is 15.3 Å². The van der Waals surface area contributed by atoms with Crippen molar-refractivity contribution in [2.24, 2.45) is 5.92 Å². The van der Waals surface area contributed by atoms with Crippen molar-refractivity contribution >= 4 is 10.8 Å². The number of benzene rings is 2. The van der Waals surface area contributed by atoms with Crippen LogP contribution in [0.3, 0.4) is 0 Å². The van der Waals surface area contributed by atoms with E-state index in [4.69, 9.17) is 0 Å². The molecule has 1 heterocycles. The number of rotatable bonds is 4. The predicted octanol–water partition coefficient (Wildman–Crippen LogP) is 3.66. The number of nitrogens with one attached hydrogen (secondary N) is 1. The van der Waals surface area contributed by atoms with E-state index in [9.17, 15) is 0 Å². The Morgan fingerprint density at radius 3 is 2.86 bits per heavy atom. The normalized spacial score (nSPS) is 21.5. The minimum atomic E-state index is 0.611. The maximum absolute atomic E-state index is 3.42. The van der Waals surface area contributed by atoms with Crippen molar-refractivity contribution in [3.63, 3.8) is 0 Å². The smallest absolute Gasteiger partial charge is 0.0240 e. The molecule has 0 radical (unpaired) electrons. The number of piperidine rings is 1. The molecule has 2 aromatic carbocycles. The molecule has 1 fully saturated rings. The van der Waals surface area contributed by atoms with Crippen LogP contribution in [0.2, 0.25) is 0 Å². The van der Waals surface area contributed by atoms with Crippen molar-refractivity contribution in [2.45, 2.75) is 32.4 Å². The molecule has 21 heavy (non-hydrogen) atoms. The summed E-state index contributed by atoms with van der Waals surface area (Å²) >= 11 is 0. The molecule has 0 aliphatic carbocycles. The Bertz CT molecular complexity index is 588. The summed E-state index contributed by atoms with van der Waals surface area (Å²) in [7, 11) is 2.08. The average Bonchev–Trinajstić information content (AvgIpc) is 2.55. The number of fused-ring (bicyclic) bond motifs is 1. The zero-order chi connectivity index (χ0) is 14.7. The van der Waals surface area contributed by atoms with Gasteiger partial charge in [-0.3, -0.25) is 4.90 Å². The van der Waals surface area contributed by atoms with Crippen LogP contribution in [0.25, 0.3) is 10.8 Å². The lowest BCUT2D eigenvalue weighted by atomic mass is 9.91. The Hall–Kier alpha value is -1.38. The van der Waals surface area contributed by atoms with Crippen LogP contribution in [-0.2, 0) is 6.54 Å². The van der Waals surface area contributed by atoms with Gasteiger partial charge in [0.1, 0.15) is 0 Å². The zero-order valence-electron chi connectivity index (χ0n) is 13.2. The third kappa shape index (κ3) is 3.28. The molecule has 0 aromatic heterocycles. The van der Waals surface area contributed by atoms with E-state index in [1.54, 1.807) is 0 Å². The summed E-state index contributed by atoms with van der Waals surface area (Å²) < 4.78 is 0. The van der Waals surface area contributed by atoms with Gasteiger partial charge in [-0.05, 0) is 55.6 Å². The Morgan fingerprint density at radius 1 is 1.19 bits per heavy atom. The molecule has 2 atom stereocenters. The first-order valence-corrected chi connectivity index (χ1v) is 8.14. The van der Waals surface area contributed by atoms with E-state index >= 15 is 0 Å². The average molecular weight is 282 g/mol. The summed E-state index contributed by atoms with van der Waals surface area (Å²) in [5.74, 6) is 0.777. The molecule has 1 saturated heterocycles. The minimum absolute atomic E-state index is 0.611. The Balaban J connectivity index is 1.76. The molecule has 2 nitrogen and oxygen atoms in total. The number of nitrogens with zero attached hydrogens (tertiary/aromatic N) is 1. The van der Waals surface area contributed by atoms with Crippen molar-refractivity contribution < 1.29 is 0 Å². The molecule has 2 heteroatoms. The molecule has 0 amide bonds. The maximum Gasteiger partial charge on any atom is 0.0240 e. The van der Waals surface area contributed by atoms with E-state index < -0.39 is 0 Å². The van der Waals surface area contributed by atoms with Crippen LogP contribution in [0.1, 0.15) is 25.3 Å². The van der Waals surface area contributed by atoms with Gasteiger partial charge in [-0.1, -0.05) is 42.5 Å². The Morgan fingerprint density at radius 2 is 2.00 bits per heavy atom. The van der Waals surface area contributed by atoms with Gasteiger partial charge in [0.05, 0.1) is 0 Å². The van der Waals surface area contributed by atoms with Crippen molar-refractivity contribution in [1.82, 2.24) is 10.2 Å². The van der Waals surface area contributed by atoms with Crippen LogP contribution in [0.5, 0.6) is 0 Å². The van der Waals surface area contributed by atoms with Gasteiger partial charge < -0.3 is 5.32 Å². The highest BCUT2D eigenvalue weighted by Crippen LogP contribution is 2.24. The predicted molar refractivity (Wildman–Crippen MR) is 90.5 cm³/mol. The number of likely N-dealkylation sites (tertiary alicyclic amines) is 1. The minimum Gasteiger partial charge on any atom is -0.317 e. The fourth-order valence-electron chi connectivity index (χ4n) is 3.55. The van der Waals surface area contributed by atoms with E-state index in [0.29, 0.717) is 6.04 Å². The van der Waals surface area contributed by atoms with Crippen LogP contribution in [-0.4, -0.2) is 31.1 Å². The van der Waals surface area contributed by atoms with Gasteiger partial charge in [0.2, 0.25) is 0 Å². The third-order valence-corrected chi connectivity index (χ3v) is 4.98. The second kappa shape index (κ2) is 6.59. The van der Waals surface area contributed by atoms with Crippen LogP contribution >= 0.6 is 0 Å². The molecule has 112 valence electrons. The molecule has 0 bridgehead atoms. The summed E-state index contributed by atoms with van der Waals surface area (Å²) in [6.07, 6.45) is 2.68. The fourth-order valence-corrected chi connectivity index (χ4v) is 3.55. The first-order chi connectivity index (χ1) is 10.3. The number of hydrogen-bond donors (Lipinski definition) is 1. The van der Waals surface area contributed by atoms with E-state index in [0.717, 1.165) is 12.5 Å². The van der Waals surface area contributed by atoms with Crippen LogP contribution in [0.15, 0.2) is 42.5 Å². The number of hydrogen-bond acceptors (Lipinski definition) is 2. The first kappa shape index (κ1) is 14.6. The van der Waals surface area contributed by atoms with Gasteiger partial charge in [0, 0.05) is 19.1 Å². The molecule has 0 spiro atoms. The summed E-state index contributed by atoms with van der Waals surface area (Å²) in [4.78, 5) is 2.63. The standard InChI is InChI=1S/C19H26N2/c1-15(20-2)17-10-6-12-21(13-17)14-18-9-5-8-16-7-3-4-11-19(16)18/h3-5,7-9,11,15,17,20H,6,10,12-14H2,1-2H3. The molecule has 3 rings (SSSR count). The molecule has 1 N–H and O–H groups in total. The zero-order valence-corrected chi connectivity index (χ0v) is 13.2. The summed E-state index contributed by atoms with van der Waals surface area (Å²) in [5, 5.41) is 6.18. The second-order valence-corrected chi connectivity index (χ2v) is 6.35. The Kier molecular flexibility index (Phi) is 4.57. The van der Waals surface area contributed by atoms with Crippen LogP contribution in [0.4, 0.5) is 0 Å². The van der Waals surface area contributed by atoms with E-state index in [-0.39, 0.29) is 0 Å². The van der Waals surface area contributed by atoms with Crippen molar-refractivity contribution in [2.75, 3.05) is 20.1 Å². The summed E-state index contributed by atoms with van der Waals surface area (Å²) in [6.45, 7) is 5.84. The molecule has 0 saturated carbocycles. The van der Waals surface area contributed by atoms with Gasteiger partial charge in [-0.15, -0.1) is 0 Å². The van der Waals surface area contributed by atoms with Crippen molar-refractivity contribution in [1.29, 1.82) is 0 Å². The molecule has 1 aliphatic heterocycles. The molecule has 2 unspecified atom stereocenters. The lowest BCUT2D eigenvalue weighted by molar-refractivity contribution is 0.147. The van der Waals surface area contributed by atoms with E-state index in [2.05, 4.69) is 66.7 Å². The van der Waals surface area contributed by atoms with Gasteiger partial charge in [0.25, 0.3) is 0 Å². The van der Waals surface area contributed by atoms with E-state index in [1.165, 1.54) is 42.3 Å². The van der Waals surface area contributed by atoms with Gasteiger partial charge >= 0.3 is 0 Å². The molecular weight excluding hydrogens is 256 g/mol. The fraction of sp³-hybridized carbons (Fsp3) is 0.474. The second-order valence-electron chi connectivity index (χ2n) is 6.35. The van der Waals surface area contributed by atoms with Gasteiger partial charge in [-0.2, -0.15) is 0 Å². The van der Waals surface area contributed by atoms with Gasteiger partial charge in [0.15, 0.2) is 0 Å². The first-order valence-electron chi connectivity index (χ1n) is 8.14. The Labute approximate surface area is 128 Å². The van der Waals surface area contributed by atoms with Crippen molar-refractivity contribution in [3.05, 3.63) is 48.0 Å². The summed E-state index contributed by atoms with van der Waals surface area (Å²) in [5.41, 5.74) is 1.46. The lowest BCUT2D eigenvalue weighted by Crippen LogP contribution is -2.43. The van der Waals surface area contributed by atoms with E-state index in [1.807, 2.05) is 0 Å². The largest absolute Gasteiger partial charge is 0.317 e. The monoisotopic (exact) mass is 282 g/mol. The molecule has 1 aliphatic rings. The third-order valence-electron chi connectivity index (χ3n) is 4.98. The highest BCUT2D eigenvalue weighted by Gasteiger charge is 2.23. The SMILES string of the molecule is CNC(C)C1CCCN(Cc2cccc3ccccc23)C1. The van der Waals surface area contributed by atoms with Crippen LogP contribution in [0, 0.1) is 5.92 Å². The quantitative estimate of drug-likeness (QED) is 0.920. The highest BCUT2D eigenvalue weighted by molar-refractivity contribution is 5.85. The molecule has 2 aromatic rings. The van der Waals surface area contributed by atoms with Crippen LogP contribution < -0.4 is 5.32 Å². The molecular formula is C19H26N2. The van der Waals surface area contributed by atoms with Crippen molar-refractivity contribution in [3.8, 4) is 0 Å². The lowest BCUT2D eigenvalue weighted by Gasteiger charge is -2.36. The maximum atomic E-state index is 3.42. The highest BCUT2D eigenvalue weighted by atomic mass is 15.1. The van der Waals surface area contributed by atoms with Gasteiger partial charge in [-0.25, -0.2) is 0 Å².